The second-order valence-electron chi connectivity index (χ2n) is 7.92. The summed E-state index contributed by atoms with van der Waals surface area (Å²) in [6.45, 7) is 0.412. The van der Waals surface area contributed by atoms with Crippen LogP contribution in [0.25, 0.3) is 33.6 Å². The molecule has 4 aromatic rings. The van der Waals surface area contributed by atoms with Crippen molar-refractivity contribution in [3.8, 4) is 22.7 Å². The number of likely N-dealkylation sites (N-methyl/N-ethyl adjacent to an activating group) is 1. The molecule has 2 aromatic carbocycles. The van der Waals surface area contributed by atoms with Crippen LogP contribution >= 0.6 is 0 Å². The lowest BCUT2D eigenvalue weighted by Gasteiger charge is -2.16. The number of fused-ring (bicyclic) bond motifs is 1. The number of benzene rings is 2. The molecule has 0 bridgehead atoms. The van der Waals surface area contributed by atoms with Crippen LogP contribution in [0.2, 0.25) is 0 Å². The summed E-state index contributed by atoms with van der Waals surface area (Å²) < 4.78 is 19.2. The summed E-state index contributed by atoms with van der Waals surface area (Å²) in [5.74, 6) is -1.20. The van der Waals surface area contributed by atoms with E-state index in [1.54, 1.807) is 31.3 Å². The van der Waals surface area contributed by atoms with E-state index in [9.17, 15) is 19.1 Å². The first-order valence-corrected chi connectivity index (χ1v) is 10.1. The van der Waals surface area contributed by atoms with Crippen LogP contribution in [-0.2, 0) is 10.4 Å². The number of hydrogen-bond donors (Lipinski definition) is 2. The average Bonchev–Trinajstić information content (AvgIpc) is 3.40. The number of halogens is 1. The molecule has 0 spiro atoms. The van der Waals surface area contributed by atoms with Gasteiger partial charge in [-0.2, -0.15) is 0 Å². The number of nitrogens with zero attached hydrogens (tertiary/aromatic N) is 4. The molecule has 33 heavy (non-hydrogen) atoms. The van der Waals surface area contributed by atoms with Crippen molar-refractivity contribution in [3.05, 3.63) is 65.7 Å². The molecule has 2 amide bonds. The summed E-state index contributed by atoms with van der Waals surface area (Å²) in [7, 11) is 1.61. The Hall–Kier alpha value is -4.18. The van der Waals surface area contributed by atoms with Crippen LogP contribution in [0.15, 0.2) is 53.1 Å². The van der Waals surface area contributed by atoms with Crippen LogP contribution in [0.4, 0.5) is 4.39 Å². The van der Waals surface area contributed by atoms with E-state index in [0.29, 0.717) is 28.8 Å². The van der Waals surface area contributed by atoms with Crippen LogP contribution < -0.4 is 5.73 Å². The van der Waals surface area contributed by atoms with Crippen LogP contribution in [0.1, 0.15) is 22.6 Å². The Morgan fingerprint density at radius 1 is 1.18 bits per heavy atom. The summed E-state index contributed by atoms with van der Waals surface area (Å²) >= 11 is 0. The van der Waals surface area contributed by atoms with Crippen LogP contribution in [0, 0.1) is 5.82 Å². The smallest absolute Gasteiger partial charge is 0.268 e. The van der Waals surface area contributed by atoms with Crippen LogP contribution in [0.5, 0.6) is 0 Å². The molecule has 1 aliphatic rings. The zero-order valence-corrected chi connectivity index (χ0v) is 17.4. The topological polar surface area (TPSA) is 135 Å². The van der Waals surface area contributed by atoms with E-state index in [4.69, 9.17) is 10.3 Å². The van der Waals surface area contributed by atoms with Gasteiger partial charge in [0.25, 0.3) is 11.8 Å². The molecule has 1 unspecified atom stereocenters. The zero-order chi connectivity index (χ0) is 23.3. The Bertz CT molecular complexity index is 1440. The molecule has 2 aromatic heterocycles. The predicted molar refractivity (Wildman–Crippen MR) is 115 cm³/mol. The monoisotopic (exact) mass is 447 g/mol. The first-order chi connectivity index (χ1) is 15.8. The number of rotatable bonds is 4. The summed E-state index contributed by atoms with van der Waals surface area (Å²) in [5.41, 5.74) is 5.21. The molecule has 1 atom stereocenters. The Morgan fingerprint density at radius 2 is 1.97 bits per heavy atom. The molecule has 1 fully saturated rings. The molecule has 166 valence electrons. The summed E-state index contributed by atoms with van der Waals surface area (Å²) in [6, 6.07) is 12.2. The lowest BCUT2D eigenvalue weighted by molar-refractivity contribution is -0.143. The third-order valence-corrected chi connectivity index (χ3v) is 5.74. The maximum absolute atomic E-state index is 13.8. The average molecular weight is 447 g/mol. The summed E-state index contributed by atoms with van der Waals surface area (Å²) in [6.07, 6.45) is 0.214. The van der Waals surface area contributed by atoms with Crippen molar-refractivity contribution in [1.29, 1.82) is 0 Å². The zero-order valence-electron chi connectivity index (χ0n) is 17.4. The van der Waals surface area contributed by atoms with Crippen LogP contribution in [0.3, 0.4) is 0 Å². The van der Waals surface area contributed by atoms with Gasteiger partial charge in [0.2, 0.25) is 0 Å². The van der Waals surface area contributed by atoms with Crippen LogP contribution in [-0.4, -0.2) is 50.5 Å². The van der Waals surface area contributed by atoms with Gasteiger partial charge in [-0.3, -0.25) is 9.59 Å². The Balaban J connectivity index is 1.56. The SMILES string of the molecule is CN1CCC(O)(c2cc(-c3cccc(-c4nc(C(N)=O)c5ccc(F)cc5n4)c3)on2)C1=O. The predicted octanol–water partition coefficient (Wildman–Crippen LogP) is 2.24. The van der Waals surface area contributed by atoms with Gasteiger partial charge in [0.05, 0.1) is 5.52 Å². The van der Waals surface area contributed by atoms with E-state index in [0.717, 1.165) is 0 Å². The Kier molecular flexibility index (Phi) is 4.68. The first kappa shape index (κ1) is 20.7. The Morgan fingerprint density at radius 3 is 2.70 bits per heavy atom. The van der Waals surface area contributed by atoms with Gasteiger partial charge in [0.1, 0.15) is 17.2 Å². The highest BCUT2D eigenvalue weighted by atomic mass is 19.1. The third-order valence-electron chi connectivity index (χ3n) is 5.74. The van der Waals surface area contributed by atoms with E-state index in [-0.39, 0.29) is 29.1 Å². The lowest BCUT2D eigenvalue weighted by atomic mass is 9.97. The molecule has 10 heteroatoms. The molecule has 9 nitrogen and oxygen atoms in total. The molecular formula is C23H18FN5O4. The highest BCUT2D eigenvalue weighted by Gasteiger charge is 2.47. The van der Waals surface area contributed by atoms with E-state index in [2.05, 4.69) is 15.1 Å². The van der Waals surface area contributed by atoms with E-state index in [1.165, 1.54) is 29.2 Å². The van der Waals surface area contributed by atoms with Gasteiger partial charge < -0.3 is 20.3 Å². The number of hydrogen-bond acceptors (Lipinski definition) is 7. The minimum atomic E-state index is -1.73. The Labute approximate surface area is 186 Å². The summed E-state index contributed by atoms with van der Waals surface area (Å²) in [4.78, 5) is 34.4. The maximum Gasteiger partial charge on any atom is 0.268 e. The normalized spacial score (nSPS) is 18.3. The first-order valence-electron chi connectivity index (χ1n) is 10.1. The molecule has 1 saturated heterocycles. The maximum atomic E-state index is 13.8. The number of nitrogens with two attached hydrogens (primary N) is 1. The van der Waals surface area contributed by atoms with Gasteiger partial charge in [0.15, 0.2) is 17.2 Å². The number of aliphatic hydroxyl groups is 1. The largest absolute Gasteiger partial charge is 0.374 e. The lowest BCUT2D eigenvalue weighted by Crippen LogP contribution is -2.36. The molecule has 0 aliphatic carbocycles. The van der Waals surface area contributed by atoms with E-state index >= 15 is 0 Å². The fourth-order valence-electron chi connectivity index (χ4n) is 3.93. The summed E-state index contributed by atoms with van der Waals surface area (Å²) in [5, 5.41) is 15.1. The van der Waals surface area contributed by atoms with Crippen molar-refractivity contribution in [2.75, 3.05) is 13.6 Å². The number of carbonyl (C=O) groups is 2. The van der Waals surface area contributed by atoms with Crippen molar-refractivity contribution in [1.82, 2.24) is 20.0 Å². The van der Waals surface area contributed by atoms with Crippen molar-refractivity contribution in [3.63, 3.8) is 0 Å². The standard InChI is InChI=1S/C23H18FN5O4/c1-29-8-7-23(32,22(29)31)18-11-17(33-28-18)12-3-2-4-13(9-12)21-26-16-10-14(24)5-6-15(16)19(27-21)20(25)30/h2-6,9-11,32H,7-8H2,1H3,(H2,25,30). The van der Waals surface area contributed by atoms with Gasteiger partial charge in [-0.25, -0.2) is 14.4 Å². The van der Waals surface area contributed by atoms with Crippen molar-refractivity contribution in [2.45, 2.75) is 12.0 Å². The molecule has 0 radical (unpaired) electrons. The van der Waals surface area contributed by atoms with Crippen molar-refractivity contribution >= 4 is 22.7 Å². The second kappa shape index (κ2) is 7.45. The van der Waals surface area contributed by atoms with Gasteiger partial charge in [-0.1, -0.05) is 23.4 Å². The fourth-order valence-corrected chi connectivity index (χ4v) is 3.93. The molecule has 3 heterocycles. The molecule has 0 saturated carbocycles. The molecule has 1 aliphatic heterocycles. The second-order valence-corrected chi connectivity index (χ2v) is 7.92. The molecule has 3 N–H and O–H groups in total. The molecular weight excluding hydrogens is 429 g/mol. The minimum absolute atomic E-state index is 0.0200. The van der Waals surface area contributed by atoms with E-state index in [1.807, 2.05) is 0 Å². The number of aromatic nitrogens is 3. The molecule has 5 rings (SSSR count). The highest BCUT2D eigenvalue weighted by molar-refractivity contribution is 6.04. The van der Waals surface area contributed by atoms with E-state index < -0.39 is 23.2 Å². The van der Waals surface area contributed by atoms with Crippen molar-refractivity contribution < 1.29 is 23.6 Å². The van der Waals surface area contributed by atoms with Gasteiger partial charge >= 0.3 is 0 Å². The van der Waals surface area contributed by atoms with Gasteiger partial charge in [0, 0.05) is 48.7 Å². The number of primary amides is 1. The fraction of sp³-hybridized carbons (Fsp3) is 0.174. The number of likely N-dealkylation sites (tertiary alicyclic amines) is 1. The van der Waals surface area contributed by atoms with Gasteiger partial charge in [-0.15, -0.1) is 0 Å². The quantitative estimate of drug-likeness (QED) is 0.490. The minimum Gasteiger partial charge on any atom is -0.374 e. The highest BCUT2D eigenvalue weighted by Crippen LogP contribution is 2.35. The number of amides is 2. The van der Waals surface area contributed by atoms with Crippen molar-refractivity contribution in [2.24, 2.45) is 5.73 Å². The van der Waals surface area contributed by atoms with Gasteiger partial charge in [-0.05, 0) is 18.2 Å². The number of carbonyl (C=O) groups excluding carboxylic acids is 2. The third kappa shape index (κ3) is 3.40.